The molecular formula is C19H25N3O3S2. The number of benzene rings is 1. The van der Waals surface area contributed by atoms with Gasteiger partial charge in [-0.15, -0.1) is 10.2 Å². The van der Waals surface area contributed by atoms with Crippen LogP contribution in [0.1, 0.15) is 55.5 Å². The molecule has 146 valence electrons. The Hall–Kier alpha value is -1.93. The lowest BCUT2D eigenvalue weighted by Gasteiger charge is -2.04. The van der Waals surface area contributed by atoms with Gasteiger partial charge in [0, 0.05) is 5.56 Å². The van der Waals surface area contributed by atoms with Crippen LogP contribution < -0.4 is 5.32 Å². The van der Waals surface area contributed by atoms with Crippen LogP contribution in [0.4, 0.5) is 5.13 Å². The standard InChI is InChI=1S/C19H25N3O3S2/c1-3-5-6-7-8-14-9-11-15(12-10-14)17(24)20-18-21-22-19(27-18)26-13-16(23)25-4-2/h9-12H,3-8,13H2,1-2H3,(H,20,21,24). The molecule has 6 nitrogen and oxygen atoms in total. The molecule has 0 aliphatic carbocycles. The number of hydrogen-bond acceptors (Lipinski definition) is 7. The molecule has 0 radical (unpaired) electrons. The van der Waals surface area contributed by atoms with Gasteiger partial charge in [-0.1, -0.05) is 61.4 Å². The van der Waals surface area contributed by atoms with Gasteiger partial charge in [-0.2, -0.15) is 0 Å². The summed E-state index contributed by atoms with van der Waals surface area (Å²) in [5.74, 6) is -0.334. The monoisotopic (exact) mass is 407 g/mol. The van der Waals surface area contributed by atoms with Gasteiger partial charge in [-0.05, 0) is 37.5 Å². The predicted octanol–water partition coefficient (Wildman–Crippen LogP) is 4.57. The first kappa shape index (κ1) is 21.4. The number of nitrogens with zero attached hydrogens (tertiary/aromatic N) is 2. The number of aromatic nitrogens is 2. The van der Waals surface area contributed by atoms with Crippen molar-refractivity contribution in [2.75, 3.05) is 17.7 Å². The molecule has 2 rings (SSSR count). The zero-order valence-corrected chi connectivity index (χ0v) is 17.3. The normalized spacial score (nSPS) is 10.6. The van der Waals surface area contributed by atoms with E-state index in [2.05, 4.69) is 22.4 Å². The van der Waals surface area contributed by atoms with Crippen LogP contribution in [-0.4, -0.2) is 34.4 Å². The van der Waals surface area contributed by atoms with Crippen LogP contribution in [0.3, 0.4) is 0 Å². The average Bonchev–Trinajstić information content (AvgIpc) is 3.11. The number of rotatable bonds is 11. The highest BCUT2D eigenvalue weighted by molar-refractivity contribution is 8.01. The molecular weight excluding hydrogens is 382 g/mol. The molecule has 1 N–H and O–H groups in total. The molecule has 1 aromatic carbocycles. The van der Waals surface area contributed by atoms with Gasteiger partial charge in [0.2, 0.25) is 5.13 Å². The second kappa shape index (κ2) is 11.7. The number of nitrogens with one attached hydrogen (secondary N) is 1. The van der Waals surface area contributed by atoms with E-state index in [4.69, 9.17) is 4.74 Å². The van der Waals surface area contributed by atoms with Gasteiger partial charge in [0.15, 0.2) is 4.34 Å². The van der Waals surface area contributed by atoms with Crippen LogP contribution >= 0.6 is 23.1 Å². The predicted molar refractivity (Wildman–Crippen MR) is 110 cm³/mol. The quantitative estimate of drug-likeness (QED) is 0.254. The van der Waals surface area contributed by atoms with Gasteiger partial charge in [0.1, 0.15) is 0 Å². The van der Waals surface area contributed by atoms with Gasteiger partial charge in [-0.3, -0.25) is 14.9 Å². The van der Waals surface area contributed by atoms with Crippen molar-refractivity contribution in [2.24, 2.45) is 0 Å². The molecule has 0 saturated heterocycles. The SMILES string of the molecule is CCCCCCc1ccc(C(=O)Nc2nnc(SCC(=O)OCC)s2)cc1. The molecule has 0 bridgehead atoms. The maximum Gasteiger partial charge on any atom is 0.316 e. The van der Waals surface area contributed by atoms with E-state index in [1.165, 1.54) is 54.3 Å². The van der Waals surface area contributed by atoms with E-state index in [0.717, 1.165) is 6.42 Å². The lowest BCUT2D eigenvalue weighted by Crippen LogP contribution is -2.11. The van der Waals surface area contributed by atoms with Crippen LogP contribution in [0.2, 0.25) is 0 Å². The minimum absolute atomic E-state index is 0.177. The highest BCUT2D eigenvalue weighted by Crippen LogP contribution is 2.25. The second-order valence-corrected chi connectivity index (χ2v) is 8.13. The van der Waals surface area contributed by atoms with Gasteiger partial charge in [-0.25, -0.2) is 0 Å². The molecule has 0 aliphatic heterocycles. The molecule has 0 unspecified atom stereocenters. The van der Waals surface area contributed by atoms with E-state index in [-0.39, 0.29) is 17.6 Å². The molecule has 0 spiro atoms. The topological polar surface area (TPSA) is 81.2 Å². The van der Waals surface area contributed by atoms with E-state index < -0.39 is 0 Å². The zero-order chi connectivity index (χ0) is 19.5. The Balaban J connectivity index is 1.81. The summed E-state index contributed by atoms with van der Waals surface area (Å²) in [6, 6.07) is 7.67. The van der Waals surface area contributed by atoms with E-state index in [1.54, 1.807) is 6.92 Å². The van der Waals surface area contributed by atoms with Gasteiger partial charge in [0.05, 0.1) is 12.4 Å². The molecule has 8 heteroatoms. The number of unbranched alkanes of at least 4 members (excludes halogenated alkanes) is 3. The Morgan fingerprint density at radius 1 is 1.11 bits per heavy atom. The first-order valence-corrected chi connectivity index (χ1v) is 10.9. The number of carbonyl (C=O) groups excluding carboxylic acids is 2. The van der Waals surface area contributed by atoms with Gasteiger partial charge in [0.25, 0.3) is 5.91 Å². The maximum absolute atomic E-state index is 12.3. The van der Waals surface area contributed by atoms with Crippen molar-refractivity contribution in [3.63, 3.8) is 0 Å². The van der Waals surface area contributed by atoms with Crippen molar-refractivity contribution in [2.45, 2.75) is 50.3 Å². The number of thioether (sulfide) groups is 1. The number of aryl methyl sites for hydroxylation is 1. The van der Waals surface area contributed by atoms with Crippen molar-refractivity contribution in [3.8, 4) is 0 Å². The Morgan fingerprint density at radius 3 is 2.59 bits per heavy atom. The minimum atomic E-state index is -0.293. The van der Waals surface area contributed by atoms with E-state index in [1.807, 2.05) is 24.3 Å². The van der Waals surface area contributed by atoms with Crippen LogP contribution in [0.15, 0.2) is 28.6 Å². The number of anilines is 1. The Morgan fingerprint density at radius 2 is 1.89 bits per heavy atom. The fourth-order valence-electron chi connectivity index (χ4n) is 2.39. The summed E-state index contributed by atoms with van der Waals surface area (Å²) >= 11 is 2.48. The smallest absolute Gasteiger partial charge is 0.316 e. The summed E-state index contributed by atoms with van der Waals surface area (Å²) in [5, 5.41) is 11.1. The third-order valence-corrected chi connectivity index (χ3v) is 5.73. The van der Waals surface area contributed by atoms with Crippen molar-refractivity contribution in [3.05, 3.63) is 35.4 Å². The van der Waals surface area contributed by atoms with Crippen LogP contribution in [-0.2, 0) is 16.0 Å². The minimum Gasteiger partial charge on any atom is -0.465 e. The summed E-state index contributed by atoms with van der Waals surface area (Å²) in [6.07, 6.45) is 5.96. The van der Waals surface area contributed by atoms with Crippen molar-refractivity contribution >= 4 is 40.1 Å². The molecule has 27 heavy (non-hydrogen) atoms. The Kier molecular flexibility index (Phi) is 9.27. The van der Waals surface area contributed by atoms with E-state index >= 15 is 0 Å². The lowest BCUT2D eigenvalue weighted by molar-refractivity contribution is -0.139. The first-order chi connectivity index (χ1) is 13.1. The Labute approximate surface area is 168 Å². The summed E-state index contributed by atoms with van der Waals surface area (Å²) in [6.45, 7) is 4.32. The van der Waals surface area contributed by atoms with Crippen molar-refractivity contribution < 1.29 is 14.3 Å². The maximum atomic E-state index is 12.3. The summed E-state index contributed by atoms with van der Waals surface area (Å²) < 4.78 is 5.48. The number of carbonyl (C=O) groups is 2. The largest absolute Gasteiger partial charge is 0.465 e. The molecule has 1 heterocycles. The molecule has 0 atom stereocenters. The molecule has 0 saturated carbocycles. The number of esters is 1. The molecule has 1 amide bonds. The number of amides is 1. The van der Waals surface area contributed by atoms with Crippen LogP contribution in [0.5, 0.6) is 0 Å². The van der Waals surface area contributed by atoms with E-state index in [0.29, 0.717) is 21.6 Å². The molecule has 1 aromatic heterocycles. The molecule has 0 fully saturated rings. The highest BCUT2D eigenvalue weighted by Gasteiger charge is 2.12. The fraction of sp³-hybridized carbons (Fsp3) is 0.474. The van der Waals surface area contributed by atoms with Gasteiger partial charge >= 0.3 is 5.97 Å². The summed E-state index contributed by atoms with van der Waals surface area (Å²) in [5.41, 5.74) is 1.83. The van der Waals surface area contributed by atoms with Crippen molar-refractivity contribution in [1.82, 2.24) is 10.2 Å². The average molecular weight is 408 g/mol. The zero-order valence-electron chi connectivity index (χ0n) is 15.7. The number of ether oxygens (including phenoxy) is 1. The first-order valence-electron chi connectivity index (χ1n) is 9.14. The van der Waals surface area contributed by atoms with E-state index in [9.17, 15) is 9.59 Å². The Bertz CT molecular complexity index is 732. The van der Waals surface area contributed by atoms with Crippen LogP contribution in [0, 0.1) is 0 Å². The summed E-state index contributed by atoms with van der Waals surface area (Å²) in [7, 11) is 0. The fourth-order valence-corrected chi connectivity index (χ4v) is 3.93. The van der Waals surface area contributed by atoms with Gasteiger partial charge < -0.3 is 4.74 Å². The second-order valence-electron chi connectivity index (χ2n) is 5.93. The number of hydrogen-bond donors (Lipinski definition) is 1. The lowest BCUT2D eigenvalue weighted by atomic mass is 10.0. The van der Waals surface area contributed by atoms with Crippen LogP contribution in [0.25, 0.3) is 0 Å². The van der Waals surface area contributed by atoms with Crippen molar-refractivity contribution in [1.29, 1.82) is 0 Å². The molecule has 0 aliphatic rings. The highest BCUT2D eigenvalue weighted by atomic mass is 32.2. The molecule has 2 aromatic rings. The third kappa shape index (κ3) is 7.68. The third-order valence-electron chi connectivity index (χ3n) is 3.78. The summed E-state index contributed by atoms with van der Waals surface area (Å²) in [4.78, 5) is 23.7.